The van der Waals surface area contributed by atoms with Crippen LogP contribution in [0.1, 0.15) is 25.3 Å². The van der Waals surface area contributed by atoms with Gasteiger partial charge in [-0.2, -0.15) is 4.31 Å². The second-order valence-electron chi connectivity index (χ2n) is 7.59. The molecule has 2 aliphatic heterocycles. The summed E-state index contributed by atoms with van der Waals surface area (Å²) in [5.74, 6) is 1.10. The Morgan fingerprint density at radius 2 is 1.90 bits per heavy atom. The molecule has 8 nitrogen and oxygen atoms in total. The Bertz CT molecular complexity index is 967. The van der Waals surface area contributed by atoms with Crippen LogP contribution in [-0.2, 0) is 21.2 Å². The third-order valence-corrected chi connectivity index (χ3v) is 7.75. The van der Waals surface area contributed by atoms with E-state index in [0.717, 1.165) is 12.0 Å². The van der Waals surface area contributed by atoms with Crippen molar-refractivity contribution in [2.24, 2.45) is 0 Å². The molecule has 2 aromatic rings. The van der Waals surface area contributed by atoms with E-state index in [0.29, 0.717) is 50.8 Å². The molecule has 2 aliphatic rings. The Hall–Kier alpha value is -2.23. The molecule has 1 fully saturated rings. The van der Waals surface area contributed by atoms with E-state index < -0.39 is 10.0 Å². The Morgan fingerprint density at radius 3 is 2.63 bits per heavy atom. The first kappa shape index (κ1) is 21.0. The SMILES string of the molecule is CCc1cnc(N2CC[C@@H]3Oc4ccccc4S(=O)(=O)N(CCOC)[C@H]3CC2)nc1. The van der Waals surface area contributed by atoms with E-state index in [9.17, 15) is 8.42 Å². The van der Waals surface area contributed by atoms with Crippen molar-refractivity contribution in [3.05, 3.63) is 42.2 Å². The van der Waals surface area contributed by atoms with Gasteiger partial charge in [-0.1, -0.05) is 19.1 Å². The van der Waals surface area contributed by atoms with Crippen molar-refractivity contribution < 1.29 is 17.9 Å². The molecule has 4 rings (SSSR count). The molecule has 30 heavy (non-hydrogen) atoms. The zero-order valence-electron chi connectivity index (χ0n) is 17.4. The van der Waals surface area contributed by atoms with Crippen molar-refractivity contribution in [2.75, 3.05) is 38.3 Å². The van der Waals surface area contributed by atoms with Crippen molar-refractivity contribution in [2.45, 2.75) is 43.2 Å². The number of aryl methyl sites for hydroxylation is 1. The van der Waals surface area contributed by atoms with E-state index >= 15 is 0 Å². The highest BCUT2D eigenvalue weighted by atomic mass is 32.2. The number of ether oxygens (including phenoxy) is 2. The number of anilines is 1. The van der Waals surface area contributed by atoms with Crippen molar-refractivity contribution in [1.82, 2.24) is 14.3 Å². The standard InChI is InChI=1S/C21H28N4O4S/c1-3-16-14-22-21(23-15-16)24-10-8-17-18(9-11-24)29-19-6-4-5-7-20(19)30(26,27)25(17)12-13-28-2/h4-7,14-15,17-18H,3,8-13H2,1-2H3/t17-,18-/m0/s1. The number of aromatic nitrogens is 2. The summed E-state index contributed by atoms with van der Waals surface area (Å²) in [6, 6.07) is 6.61. The highest BCUT2D eigenvalue weighted by molar-refractivity contribution is 7.89. The summed E-state index contributed by atoms with van der Waals surface area (Å²) < 4.78 is 40.0. The van der Waals surface area contributed by atoms with Gasteiger partial charge in [-0.25, -0.2) is 18.4 Å². The van der Waals surface area contributed by atoms with Gasteiger partial charge in [0.2, 0.25) is 16.0 Å². The average Bonchev–Trinajstić information content (AvgIpc) is 3.01. The summed E-state index contributed by atoms with van der Waals surface area (Å²) in [7, 11) is -2.11. The minimum absolute atomic E-state index is 0.226. The van der Waals surface area contributed by atoms with E-state index in [-0.39, 0.29) is 17.0 Å². The number of hydrogen-bond acceptors (Lipinski definition) is 7. The van der Waals surface area contributed by atoms with E-state index in [4.69, 9.17) is 9.47 Å². The second-order valence-corrected chi connectivity index (χ2v) is 9.45. The van der Waals surface area contributed by atoms with Crippen LogP contribution in [0.25, 0.3) is 0 Å². The molecule has 0 saturated carbocycles. The van der Waals surface area contributed by atoms with Gasteiger partial charge in [-0.3, -0.25) is 0 Å². The fraction of sp³-hybridized carbons (Fsp3) is 0.524. The molecule has 1 aromatic heterocycles. The van der Waals surface area contributed by atoms with Gasteiger partial charge in [-0.05, 0) is 30.5 Å². The predicted molar refractivity (Wildman–Crippen MR) is 113 cm³/mol. The van der Waals surface area contributed by atoms with Gasteiger partial charge >= 0.3 is 0 Å². The van der Waals surface area contributed by atoms with E-state index in [1.54, 1.807) is 35.7 Å². The van der Waals surface area contributed by atoms with Gasteiger partial charge in [0, 0.05) is 45.6 Å². The quantitative estimate of drug-likeness (QED) is 0.715. The Morgan fingerprint density at radius 1 is 1.17 bits per heavy atom. The largest absolute Gasteiger partial charge is 0.487 e. The van der Waals surface area contributed by atoms with Crippen LogP contribution in [0.5, 0.6) is 5.75 Å². The maximum atomic E-state index is 13.5. The lowest BCUT2D eigenvalue weighted by molar-refractivity contribution is 0.0960. The van der Waals surface area contributed by atoms with Gasteiger partial charge in [0.1, 0.15) is 16.7 Å². The number of benzene rings is 1. The average molecular weight is 433 g/mol. The molecular formula is C21H28N4O4S. The fourth-order valence-corrected chi connectivity index (χ4v) is 5.90. The maximum absolute atomic E-state index is 13.5. The Kier molecular flexibility index (Phi) is 6.21. The summed E-state index contributed by atoms with van der Waals surface area (Å²) in [6.45, 7) is 4.05. The predicted octanol–water partition coefficient (Wildman–Crippen LogP) is 2.11. The molecule has 0 bridgehead atoms. The van der Waals surface area contributed by atoms with Gasteiger partial charge in [-0.15, -0.1) is 0 Å². The normalized spacial score (nSPS) is 23.6. The second kappa shape index (κ2) is 8.87. The molecule has 2 atom stereocenters. The van der Waals surface area contributed by atoms with Gasteiger partial charge in [0.25, 0.3) is 0 Å². The van der Waals surface area contributed by atoms with Gasteiger partial charge < -0.3 is 14.4 Å². The number of sulfonamides is 1. The molecule has 3 heterocycles. The maximum Gasteiger partial charge on any atom is 0.247 e. The third-order valence-electron chi connectivity index (χ3n) is 5.79. The van der Waals surface area contributed by atoms with Crippen LogP contribution in [0, 0.1) is 0 Å². The molecule has 0 unspecified atom stereocenters. The number of rotatable bonds is 5. The molecule has 1 saturated heterocycles. The molecule has 0 radical (unpaired) electrons. The highest BCUT2D eigenvalue weighted by Gasteiger charge is 2.43. The zero-order chi connectivity index (χ0) is 21.1. The topological polar surface area (TPSA) is 84.9 Å². The monoisotopic (exact) mass is 432 g/mol. The van der Waals surface area contributed by atoms with Crippen LogP contribution >= 0.6 is 0 Å². The van der Waals surface area contributed by atoms with Crippen LogP contribution in [0.4, 0.5) is 5.95 Å². The Labute approximate surface area is 177 Å². The van der Waals surface area contributed by atoms with Crippen LogP contribution in [0.15, 0.2) is 41.6 Å². The molecule has 0 amide bonds. The lowest BCUT2D eigenvalue weighted by Gasteiger charge is -2.31. The van der Waals surface area contributed by atoms with Crippen molar-refractivity contribution in [3.8, 4) is 5.75 Å². The first-order valence-electron chi connectivity index (χ1n) is 10.4. The summed E-state index contributed by atoms with van der Waals surface area (Å²) in [5, 5.41) is 0. The lowest BCUT2D eigenvalue weighted by Crippen LogP contribution is -2.48. The summed E-state index contributed by atoms with van der Waals surface area (Å²) in [5.41, 5.74) is 1.09. The third kappa shape index (κ3) is 4.01. The summed E-state index contributed by atoms with van der Waals surface area (Å²) in [4.78, 5) is 11.4. The summed E-state index contributed by atoms with van der Waals surface area (Å²) >= 11 is 0. The molecule has 0 N–H and O–H groups in total. The van der Waals surface area contributed by atoms with Crippen LogP contribution in [0.3, 0.4) is 0 Å². The minimum Gasteiger partial charge on any atom is -0.487 e. The smallest absolute Gasteiger partial charge is 0.247 e. The van der Waals surface area contributed by atoms with Crippen molar-refractivity contribution >= 4 is 16.0 Å². The van der Waals surface area contributed by atoms with Crippen molar-refractivity contribution in [1.29, 1.82) is 0 Å². The van der Waals surface area contributed by atoms with Gasteiger partial charge in [0.15, 0.2) is 0 Å². The number of fused-ring (bicyclic) bond motifs is 2. The van der Waals surface area contributed by atoms with Gasteiger partial charge in [0.05, 0.1) is 12.6 Å². The van der Waals surface area contributed by atoms with E-state index in [1.807, 2.05) is 12.4 Å². The number of hydrogen-bond donors (Lipinski definition) is 0. The Balaban J connectivity index is 1.65. The number of methoxy groups -OCH3 is 1. The first-order valence-corrected chi connectivity index (χ1v) is 11.8. The van der Waals surface area contributed by atoms with E-state index in [1.165, 1.54) is 0 Å². The molecule has 0 spiro atoms. The molecular weight excluding hydrogens is 404 g/mol. The van der Waals surface area contributed by atoms with Crippen LogP contribution in [-0.4, -0.2) is 68.2 Å². The number of para-hydroxylation sites is 1. The first-order chi connectivity index (χ1) is 14.5. The molecule has 0 aliphatic carbocycles. The summed E-state index contributed by atoms with van der Waals surface area (Å²) in [6.07, 6.45) is 5.66. The lowest BCUT2D eigenvalue weighted by atomic mass is 10.1. The molecule has 1 aromatic carbocycles. The van der Waals surface area contributed by atoms with Crippen molar-refractivity contribution in [3.63, 3.8) is 0 Å². The highest BCUT2D eigenvalue weighted by Crippen LogP contribution is 2.36. The molecule has 162 valence electrons. The zero-order valence-corrected chi connectivity index (χ0v) is 18.2. The van der Waals surface area contributed by atoms with Crippen LogP contribution in [0.2, 0.25) is 0 Å². The minimum atomic E-state index is -3.69. The molecule has 9 heteroatoms. The fourth-order valence-electron chi connectivity index (χ4n) is 4.12. The van der Waals surface area contributed by atoms with Crippen LogP contribution < -0.4 is 9.64 Å². The van der Waals surface area contributed by atoms with E-state index in [2.05, 4.69) is 21.8 Å². The number of nitrogens with zero attached hydrogens (tertiary/aromatic N) is 4.